The van der Waals surface area contributed by atoms with Gasteiger partial charge in [-0.25, -0.2) is 0 Å². The Morgan fingerprint density at radius 3 is 2.83 bits per heavy atom. The van der Waals surface area contributed by atoms with E-state index in [4.69, 9.17) is 9.47 Å². The van der Waals surface area contributed by atoms with E-state index in [0.29, 0.717) is 19.3 Å². The number of rotatable bonds is 7. The SMILES string of the molecule is CC(C#N)(CCOCC1CCCCO1)NC1CC1. The lowest BCUT2D eigenvalue weighted by Crippen LogP contribution is -2.43. The Morgan fingerprint density at radius 1 is 1.39 bits per heavy atom. The second kappa shape index (κ2) is 6.51. The lowest BCUT2D eigenvalue weighted by atomic mass is 10.0. The van der Waals surface area contributed by atoms with Crippen LogP contribution in [0, 0.1) is 11.3 Å². The average molecular weight is 252 g/mol. The van der Waals surface area contributed by atoms with Gasteiger partial charge in [0.25, 0.3) is 0 Å². The van der Waals surface area contributed by atoms with Crippen LogP contribution in [0.5, 0.6) is 0 Å². The molecule has 2 rings (SSSR count). The highest BCUT2D eigenvalue weighted by Crippen LogP contribution is 2.23. The van der Waals surface area contributed by atoms with Crippen molar-refractivity contribution in [2.45, 2.75) is 63.1 Å². The number of ether oxygens (including phenoxy) is 2. The van der Waals surface area contributed by atoms with E-state index in [1.165, 1.54) is 25.7 Å². The summed E-state index contributed by atoms with van der Waals surface area (Å²) < 4.78 is 11.3. The molecule has 1 aliphatic heterocycles. The summed E-state index contributed by atoms with van der Waals surface area (Å²) in [5.74, 6) is 0. The maximum absolute atomic E-state index is 9.22. The number of nitriles is 1. The highest BCUT2D eigenvalue weighted by molar-refractivity contribution is 5.06. The molecule has 1 N–H and O–H groups in total. The van der Waals surface area contributed by atoms with Crippen LogP contribution < -0.4 is 5.32 Å². The summed E-state index contributed by atoms with van der Waals surface area (Å²) in [7, 11) is 0. The Kier molecular flexibility index (Phi) is 4.99. The van der Waals surface area contributed by atoms with E-state index in [2.05, 4.69) is 11.4 Å². The third-order valence-electron chi connectivity index (χ3n) is 3.67. The Hall–Kier alpha value is -0.630. The van der Waals surface area contributed by atoms with Crippen molar-refractivity contribution in [3.05, 3.63) is 0 Å². The fraction of sp³-hybridized carbons (Fsp3) is 0.929. The van der Waals surface area contributed by atoms with Gasteiger partial charge in [0, 0.05) is 25.7 Å². The maximum Gasteiger partial charge on any atom is 0.106 e. The zero-order chi connectivity index (χ0) is 12.8. The van der Waals surface area contributed by atoms with Crippen molar-refractivity contribution in [3.63, 3.8) is 0 Å². The van der Waals surface area contributed by atoms with Crippen molar-refractivity contribution < 1.29 is 9.47 Å². The van der Waals surface area contributed by atoms with Gasteiger partial charge in [0.15, 0.2) is 0 Å². The van der Waals surface area contributed by atoms with Gasteiger partial charge in [0.2, 0.25) is 0 Å². The van der Waals surface area contributed by atoms with Gasteiger partial charge in [-0.05, 0) is 39.0 Å². The van der Waals surface area contributed by atoms with Gasteiger partial charge >= 0.3 is 0 Å². The van der Waals surface area contributed by atoms with Crippen LogP contribution in [-0.2, 0) is 9.47 Å². The second-order valence-corrected chi connectivity index (χ2v) is 5.68. The van der Waals surface area contributed by atoms with Crippen molar-refractivity contribution in [1.82, 2.24) is 5.32 Å². The summed E-state index contributed by atoms with van der Waals surface area (Å²) in [5.41, 5.74) is -0.436. The Balaban J connectivity index is 1.59. The van der Waals surface area contributed by atoms with Crippen molar-refractivity contribution in [2.75, 3.05) is 19.8 Å². The van der Waals surface area contributed by atoms with E-state index < -0.39 is 5.54 Å². The molecule has 0 spiro atoms. The van der Waals surface area contributed by atoms with Gasteiger partial charge in [0.05, 0.1) is 18.8 Å². The Bertz CT molecular complexity index is 293. The molecule has 4 nitrogen and oxygen atoms in total. The van der Waals surface area contributed by atoms with E-state index in [1.807, 2.05) is 6.92 Å². The molecule has 0 aromatic rings. The molecule has 102 valence electrons. The van der Waals surface area contributed by atoms with Crippen LogP contribution in [-0.4, -0.2) is 37.5 Å². The molecule has 2 aliphatic rings. The molecule has 1 saturated heterocycles. The summed E-state index contributed by atoms with van der Waals surface area (Å²) in [5, 5.41) is 12.6. The molecule has 1 heterocycles. The maximum atomic E-state index is 9.22. The number of hydrogen-bond acceptors (Lipinski definition) is 4. The molecule has 18 heavy (non-hydrogen) atoms. The predicted octanol–water partition coefficient (Wildman–Crippen LogP) is 2.00. The van der Waals surface area contributed by atoms with Gasteiger partial charge in [-0.2, -0.15) is 5.26 Å². The van der Waals surface area contributed by atoms with Crippen LogP contribution in [0.15, 0.2) is 0 Å². The molecule has 1 aliphatic carbocycles. The van der Waals surface area contributed by atoms with Gasteiger partial charge in [-0.1, -0.05) is 0 Å². The van der Waals surface area contributed by atoms with E-state index in [0.717, 1.165) is 19.4 Å². The molecule has 4 heteroatoms. The average Bonchev–Trinajstić information content (AvgIpc) is 3.20. The molecule has 0 bridgehead atoms. The van der Waals surface area contributed by atoms with Crippen molar-refractivity contribution in [1.29, 1.82) is 5.26 Å². The molecule has 2 unspecified atom stereocenters. The van der Waals surface area contributed by atoms with Crippen LogP contribution in [0.3, 0.4) is 0 Å². The number of hydrogen-bond donors (Lipinski definition) is 1. The van der Waals surface area contributed by atoms with Crippen LogP contribution in [0.4, 0.5) is 0 Å². The first-order chi connectivity index (χ1) is 8.72. The summed E-state index contributed by atoms with van der Waals surface area (Å²) in [6, 6.07) is 2.92. The predicted molar refractivity (Wildman–Crippen MR) is 69.2 cm³/mol. The molecule has 0 radical (unpaired) electrons. The number of nitrogens with zero attached hydrogens (tertiary/aromatic N) is 1. The minimum Gasteiger partial charge on any atom is -0.379 e. The van der Waals surface area contributed by atoms with Crippen LogP contribution in [0.2, 0.25) is 0 Å². The molecular weight excluding hydrogens is 228 g/mol. The molecule has 0 aromatic carbocycles. The van der Waals surface area contributed by atoms with E-state index in [9.17, 15) is 5.26 Å². The minimum absolute atomic E-state index is 0.267. The summed E-state index contributed by atoms with van der Waals surface area (Å²) in [6.07, 6.45) is 6.94. The summed E-state index contributed by atoms with van der Waals surface area (Å²) in [4.78, 5) is 0. The Labute approximate surface area is 110 Å². The standard InChI is InChI=1S/C14H24N2O2/c1-14(11-15,16-12-5-6-12)7-9-17-10-13-4-2-3-8-18-13/h12-13,16H,2-10H2,1H3. The van der Waals surface area contributed by atoms with Crippen LogP contribution in [0.1, 0.15) is 45.4 Å². The second-order valence-electron chi connectivity index (χ2n) is 5.68. The zero-order valence-corrected chi connectivity index (χ0v) is 11.3. The van der Waals surface area contributed by atoms with E-state index >= 15 is 0 Å². The van der Waals surface area contributed by atoms with Crippen molar-refractivity contribution in [2.24, 2.45) is 0 Å². The minimum atomic E-state index is -0.436. The fourth-order valence-electron chi connectivity index (χ4n) is 2.27. The van der Waals surface area contributed by atoms with Gasteiger partial charge < -0.3 is 9.47 Å². The lowest BCUT2D eigenvalue weighted by molar-refractivity contribution is -0.0425. The largest absolute Gasteiger partial charge is 0.379 e. The third kappa shape index (κ3) is 4.56. The lowest BCUT2D eigenvalue weighted by Gasteiger charge is -2.25. The molecular formula is C14H24N2O2. The van der Waals surface area contributed by atoms with E-state index in [-0.39, 0.29) is 6.10 Å². The molecule has 2 atom stereocenters. The first-order valence-corrected chi connectivity index (χ1v) is 7.10. The fourth-order valence-corrected chi connectivity index (χ4v) is 2.27. The summed E-state index contributed by atoms with van der Waals surface area (Å²) >= 11 is 0. The van der Waals surface area contributed by atoms with Gasteiger partial charge in [0.1, 0.15) is 5.54 Å². The van der Waals surface area contributed by atoms with Crippen molar-refractivity contribution >= 4 is 0 Å². The van der Waals surface area contributed by atoms with Gasteiger partial charge in [-0.3, -0.25) is 5.32 Å². The molecule has 1 saturated carbocycles. The topological polar surface area (TPSA) is 54.3 Å². The first kappa shape index (κ1) is 13.8. The zero-order valence-electron chi connectivity index (χ0n) is 11.3. The van der Waals surface area contributed by atoms with Crippen LogP contribution in [0.25, 0.3) is 0 Å². The molecule has 0 aromatic heterocycles. The number of nitrogens with one attached hydrogen (secondary N) is 1. The van der Waals surface area contributed by atoms with Crippen molar-refractivity contribution in [3.8, 4) is 6.07 Å². The highest BCUT2D eigenvalue weighted by Gasteiger charge is 2.32. The van der Waals surface area contributed by atoms with Crippen LogP contribution >= 0.6 is 0 Å². The Morgan fingerprint density at radius 2 is 2.22 bits per heavy atom. The highest BCUT2D eigenvalue weighted by atomic mass is 16.5. The normalized spacial score (nSPS) is 27.4. The smallest absolute Gasteiger partial charge is 0.106 e. The summed E-state index contributed by atoms with van der Waals surface area (Å²) in [6.45, 7) is 4.13. The van der Waals surface area contributed by atoms with Gasteiger partial charge in [-0.15, -0.1) is 0 Å². The first-order valence-electron chi connectivity index (χ1n) is 7.10. The van der Waals surface area contributed by atoms with E-state index in [1.54, 1.807) is 0 Å². The monoisotopic (exact) mass is 252 g/mol. The third-order valence-corrected chi connectivity index (χ3v) is 3.67. The molecule has 0 amide bonds. The quantitative estimate of drug-likeness (QED) is 0.704. The molecule has 2 fully saturated rings.